The predicted octanol–water partition coefficient (Wildman–Crippen LogP) is 1.37. The first-order valence-electron chi connectivity index (χ1n) is 12.2. The topological polar surface area (TPSA) is 169 Å². The molecule has 0 unspecified atom stereocenters. The van der Waals surface area contributed by atoms with Crippen LogP contribution in [-0.4, -0.2) is 64.7 Å². The molecule has 11 nitrogen and oxygen atoms in total. The average Bonchev–Trinajstić information content (AvgIpc) is 2.77. The van der Waals surface area contributed by atoms with Gasteiger partial charge >= 0.3 is 5.97 Å². The van der Waals surface area contributed by atoms with Gasteiger partial charge in [-0.05, 0) is 72.6 Å². The monoisotopic (exact) mass is 522 g/mol. The molecular weight excluding hydrogens is 480 g/mol. The summed E-state index contributed by atoms with van der Waals surface area (Å²) in [5.74, 6) is -2.32. The van der Waals surface area contributed by atoms with Gasteiger partial charge in [-0.15, -0.1) is 0 Å². The maximum Gasteiger partial charge on any atom is 0.306 e. The number of amides is 3. The van der Waals surface area contributed by atoms with Crippen molar-refractivity contribution in [3.8, 4) is 0 Å². The molecule has 0 saturated heterocycles. The van der Waals surface area contributed by atoms with Gasteiger partial charge in [0.2, 0.25) is 17.7 Å². The van der Waals surface area contributed by atoms with Gasteiger partial charge in [-0.3, -0.25) is 19.2 Å². The lowest BCUT2D eigenvalue weighted by Gasteiger charge is -2.27. The van der Waals surface area contributed by atoms with Crippen molar-refractivity contribution in [3.05, 3.63) is 29.8 Å². The quantitative estimate of drug-likeness (QED) is 0.256. The number of rotatable bonds is 12. The van der Waals surface area contributed by atoms with Crippen molar-refractivity contribution in [2.24, 2.45) is 5.73 Å². The van der Waals surface area contributed by atoms with E-state index < -0.39 is 53.0 Å². The van der Waals surface area contributed by atoms with Crippen molar-refractivity contribution in [2.45, 2.75) is 97.2 Å². The molecule has 0 aliphatic heterocycles. The summed E-state index contributed by atoms with van der Waals surface area (Å²) < 4.78 is 11.0. The van der Waals surface area contributed by atoms with Crippen LogP contribution in [0.1, 0.15) is 66.9 Å². The molecule has 3 amide bonds. The minimum Gasteiger partial charge on any atom is -0.460 e. The Balaban J connectivity index is 3.08. The van der Waals surface area contributed by atoms with Crippen LogP contribution in [0.2, 0.25) is 0 Å². The molecule has 0 aliphatic rings. The van der Waals surface area contributed by atoms with E-state index >= 15 is 0 Å². The van der Waals surface area contributed by atoms with E-state index in [0.717, 1.165) is 0 Å². The Bertz CT molecular complexity index is 918. The molecule has 1 aromatic carbocycles. The highest BCUT2D eigenvalue weighted by molar-refractivity contribution is 5.98. The molecule has 0 saturated carbocycles. The highest BCUT2D eigenvalue weighted by Gasteiger charge is 2.30. The van der Waals surface area contributed by atoms with Gasteiger partial charge in [-0.25, -0.2) is 0 Å². The van der Waals surface area contributed by atoms with Crippen LogP contribution in [0.15, 0.2) is 24.3 Å². The van der Waals surface area contributed by atoms with Crippen LogP contribution in [0.3, 0.4) is 0 Å². The van der Waals surface area contributed by atoms with Crippen molar-refractivity contribution < 1.29 is 33.8 Å². The van der Waals surface area contributed by atoms with E-state index in [0.29, 0.717) is 11.3 Å². The minimum atomic E-state index is -1.13. The molecular formula is C26H42N4O7. The molecule has 0 heterocycles. The lowest BCUT2D eigenvalue weighted by Crippen LogP contribution is -2.56. The van der Waals surface area contributed by atoms with Crippen molar-refractivity contribution in [2.75, 3.05) is 11.9 Å². The van der Waals surface area contributed by atoms with Gasteiger partial charge in [0.05, 0.1) is 24.9 Å². The van der Waals surface area contributed by atoms with Crippen molar-refractivity contribution in [3.63, 3.8) is 0 Å². The Morgan fingerprint density at radius 2 is 1.46 bits per heavy atom. The van der Waals surface area contributed by atoms with Crippen LogP contribution in [0.4, 0.5) is 5.69 Å². The van der Waals surface area contributed by atoms with Gasteiger partial charge in [0.25, 0.3) is 0 Å². The van der Waals surface area contributed by atoms with Gasteiger partial charge in [-0.2, -0.15) is 0 Å². The maximum atomic E-state index is 13.2. The predicted molar refractivity (Wildman–Crippen MR) is 139 cm³/mol. The second kappa shape index (κ2) is 14.1. The third-order valence-corrected chi connectivity index (χ3v) is 4.82. The van der Waals surface area contributed by atoms with Crippen LogP contribution in [-0.2, 0) is 35.3 Å². The third kappa shape index (κ3) is 13.2. The number of hydrogen-bond acceptors (Lipinski definition) is 8. The van der Waals surface area contributed by atoms with E-state index in [1.807, 2.05) is 0 Å². The second-order valence-corrected chi connectivity index (χ2v) is 10.8. The zero-order valence-electron chi connectivity index (χ0n) is 22.8. The fraction of sp³-hybridized carbons (Fsp3) is 0.615. The van der Waals surface area contributed by atoms with Crippen LogP contribution in [0.25, 0.3) is 0 Å². The number of aliphatic hydroxyl groups is 1. The summed E-state index contributed by atoms with van der Waals surface area (Å²) in [7, 11) is 0. The number of nitrogens with two attached hydrogens (primary N) is 1. The first kappa shape index (κ1) is 32.0. The smallest absolute Gasteiger partial charge is 0.306 e. The first-order valence-corrected chi connectivity index (χ1v) is 12.2. The first-order chi connectivity index (χ1) is 17.0. The molecule has 37 heavy (non-hydrogen) atoms. The third-order valence-electron chi connectivity index (χ3n) is 4.82. The van der Waals surface area contributed by atoms with E-state index in [4.69, 9.17) is 15.2 Å². The lowest BCUT2D eigenvalue weighted by atomic mass is 10.1. The van der Waals surface area contributed by atoms with Gasteiger partial charge in [-0.1, -0.05) is 12.1 Å². The summed E-state index contributed by atoms with van der Waals surface area (Å²) >= 11 is 0. The fourth-order valence-corrected chi connectivity index (χ4v) is 2.94. The van der Waals surface area contributed by atoms with Crippen molar-refractivity contribution in [1.82, 2.24) is 10.6 Å². The largest absolute Gasteiger partial charge is 0.460 e. The standard InChI is InChI=1S/C26H42N4O7/c1-16(27)22(33)30-20(15-36-25(2,3)4)24(35)29-19(12-13-21(32)37-26(5,6)7)23(34)28-18-10-8-17(14-31)9-11-18/h8-11,16,19-20,31H,12-15,27H2,1-7H3,(H,28,34)(H,29,35)(H,30,33)/t16-,19-,20-/m0/s1. The average molecular weight is 523 g/mol. The highest BCUT2D eigenvalue weighted by Crippen LogP contribution is 2.14. The number of carbonyl (C=O) groups is 4. The van der Waals surface area contributed by atoms with E-state index in [9.17, 15) is 24.3 Å². The van der Waals surface area contributed by atoms with Crippen LogP contribution < -0.4 is 21.7 Å². The van der Waals surface area contributed by atoms with E-state index in [2.05, 4.69) is 16.0 Å². The van der Waals surface area contributed by atoms with Gasteiger partial charge < -0.3 is 36.3 Å². The summed E-state index contributed by atoms with van der Waals surface area (Å²) in [5.41, 5.74) is 5.45. The molecule has 11 heteroatoms. The molecule has 3 atom stereocenters. The molecule has 1 aromatic rings. The highest BCUT2D eigenvalue weighted by atomic mass is 16.6. The van der Waals surface area contributed by atoms with E-state index in [1.54, 1.807) is 65.8 Å². The molecule has 0 bridgehead atoms. The zero-order valence-corrected chi connectivity index (χ0v) is 22.8. The van der Waals surface area contributed by atoms with Crippen LogP contribution in [0.5, 0.6) is 0 Å². The number of aliphatic hydroxyl groups excluding tert-OH is 1. The van der Waals surface area contributed by atoms with Crippen molar-refractivity contribution >= 4 is 29.4 Å². The number of anilines is 1. The molecule has 208 valence electrons. The summed E-state index contributed by atoms with van der Waals surface area (Å²) in [4.78, 5) is 50.8. The fourth-order valence-electron chi connectivity index (χ4n) is 2.94. The van der Waals surface area contributed by atoms with Crippen LogP contribution >= 0.6 is 0 Å². The number of esters is 1. The number of ether oxygens (including phenoxy) is 2. The number of hydrogen-bond donors (Lipinski definition) is 5. The minimum absolute atomic E-state index is 0.0463. The summed E-state index contributed by atoms with van der Waals surface area (Å²) in [6.45, 7) is 11.8. The molecule has 1 rings (SSSR count). The normalized spacial score (nSPS) is 14.2. The molecule has 0 radical (unpaired) electrons. The molecule has 6 N–H and O–H groups in total. The number of carbonyl (C=O) groups excluding carboxylic acids is 4. The lowest BCUT2D eigenvalue weighted by molar-refractivity contribution is -0.155. The molecule has 0 aromatic heterocycles. The number of benzene rings is 1. The Morgan fingerprint density at radius 1 is 0.892 bits per heavy atom. The summed E-state index contributed by atoms with van der Waals surface area (Å²) in [5, 5.41) is 17.1. The SMILES string of the molecule is C[C@H](N)C(=O)N[C@@H](COC(C)(C)C)C(=O)N[C@@H](CCC(=O)OC(C)(C)C)C(=O)Nc1ccc(CO)cc1. The van der Waals surface area contributed by atoms with E-state index in [-0.39, 0.29) is 26.1 Å². The van der Waals surface area contributed by atoms with Gasteiger partial charge in [0.15, 0.2) is 0 Å². The molecule has 0 spiro atoms. The summed E-state index contributed by atoms with van der Waals surface area (Å²) in [6.07, 6.45) is -0.177. The Kier molecular flexibility index (Phi) is 12.2. The Labute approximate surface area is 218 Å². The molecule has 0 fully saturated rings. The number of nitrogens with one attached hydrogen (secondary N) is 3. The second-order valence-electron chi connectivity index (χ2n) is 10.8. The Morgan fingerprint density at radius 3 is 1.95 bits per heavy atom. The Hall–Kier alpha value is -3.02. The zero-order chi connectivity index (χ0) is 28.4. The van der Waals surface area contributed by atoms with Gasteiger partial charge in [0, 0.05) is 12.1 Å². The summed E-state index contributed by atoms with van der Waals surface area (Å²) in [6, 6.07) is 3.40. The van der Waals surface area contributed by atoms with Crippen LogP contribution in [0, 0.1) is 0 Å². The van der Waals surface area contributed by atoms with E-state index in [1.165, 1.54) is 6.92 Å². The van der Waals surface area contributed by atoms with Crippen molar-refractivity contribution in [1.29, 1.82) is 0 Å². The maximum absolute atomic E-state index is 13.2. The molecule has 0 aliphatic carbocycles. The van der Waals surface area contributed by atoms with Gasteiger partial charge in [0.1, 0.15) is 17.7 Å².